The van der Waals surface area contributed by atoms with Gasteiger partial charge in [-0.2, -0.15) is 0 Å². The Balaban J connectivity index is 2.64. The van der Waals surface area contributed by atoms with Crippen LogP contribution in [0, 0.1) is 5.92 Å². The molecule has 2 N–H and O–H groups in total. The van der Waals surface area contributed by atoms with Crippen LogP contribution in [0.3, 0.4) is 0 Å². The molecule has 23 heavy (non-hydrogen) atoms. The average Bonchev–Trinajstić information content (AvgIpc) is 2.86. The van der Waals surface area contributed by atoms with Gasteiger partial charge in [-0.3, -0.25) is 19.1 Å². The normalized spacial score (nSPS) is 19.3. The first kappa shape index (κ1) is 19.4. The van der Waals surface area contributed by atoms with E-state index in [-0.39, 0.29) is 18.7 Å². The molecule has 0 aliphatic carbocycles. The van der Waals surface area contributed by atoms with E-state index in [2.05, 4.69) is 15.4 Å². The van der Waals surface area contributed by atoms with Gasteiger partial charge < -0.3 is 10.6 Å². The summed E-state index contributed by atoms with van der Waals surface area (Å²) in [7, 11) is 0. The Labute approximate surface area is 132 Å². The number of rotatable bonds is 9. The summed E-state index contributed by atoms with van der Waals surface area (Å²) >= 11 is 0. The van der Waals surface area contributed by atoms with Gasteiger partial charge in [0.25, 0.3) is 0 Å². The van der Waals surface area contributed by atoms with Crippen LogP contribution in [-0.4, -0.2) is 43.2 Å². The average molecular weight is 338 g/mol. The van der Waals surface area contributed by atoms with E-state index < -0.39 is 36.6 Å². The third-order valence-electron chi connectivity index (χ3n) is 3.54. The molecule has 132 valence electrons. The van der Waals surface area contributed by atoms with Crippen molar-refractivity contribution in [1.82, 2.24) is 10.6 Å². The number of ether oxygens (including phenoxy) is 1. The van der Waals surface area contributed by atoms with Crippen LogP contribution in [0.5, 0.6) is 0 Å². The molecule has 1 saturated heterocycles. The lowest BCUT2D eigenvalue weighted by Gasteiger charge is -2.20. The van der Waals surface area contributed by atoms with Crippen molar-refractivity contribution in [3.05, 3.63) is 0 Å². The maximum atomic E-state index is 12.0. The second kappa shape index (κ2) is 8.85. The zero-order valence-electron chi connectivity index (χ0n) is 12.9. The number of Topliss-reactive ketones (excluding diaryl/α,β-unsaturated/α-hetero) is 1. The molecule has 1 aliphatic rings. The molecule has 0 unspecified atom stereocenters. The maximum absolute atomic E-state index is 12.0. The number of halogens is 3. The Morgan fingerprint density at radius 1 is 1.43 bits per heavy atom. The molecule has 0 aromatic heterocycles. The predicted molar refractivity (Wildman–Crippen MR) is 74.2 cm³/mol. The summed E-state index contributed by atoms with van der Waals surface area (Å²) in [6.45, 7) is 1.15. The zero-order valence-corrected chi connectivity index (χ0v) is 12.9. The highest BCUT2D eigenvalue weighted by Crippen LogP contribution is 2.19. The molecule has 1 fully saturated rings. The van der Waals surface area contributed by atoms with Gasteiger partial charge in [-0.05, 0) is 19.3 Å². The van der Waals surface area contributed by atoms with E-state index in [0.717, 1.165) is 6.42 Å². The Bertz CT molecular complexity index is 440. The number of carbonyl (C=O) groups is 3. The maximum Gasteiger partial charge on any atom is 0.522 e. The van der Waals surface area contributed by atoms with E-state index in [1.807, 2.05) is 6.92 Å². The molecular formula is C14H21F3N2O4. The fourth-order valence-corrected chi connectivity index (χ4v) is 2.28. The van der Waals surface area contributed by atoms with Crippen molar-refractivity contribution in [3.63, 3.8) is 0 Å². The van der Waals surface area contributed by atoms with Crippen molar-refractivity contribution < 1.29 is 32.3 Å². The fraction of sp³-hybridized carbons (Fsp3) is 0.786. The molecule has 0 spiro atoms. The van der Waals surface area contributed by atoms with E-state index >= 15 is 0 Å². The molecule has 0 bridgehead atoms. The van der Waals surface area contributed by atoms with Gasteiger partial charge in [-0.15, -0.1) is 13.2 Å². The van der Waals surface area contributed by atoms with Crippen molar-refractivity contribution in [3.8, 4) is 0 Å². The minimum Gasteiger partial charge on any atom is -0.356 e. The molecule has 2 atom stereocenters. The first-order valence-electron chi connectivity index (χ1n) is 7.53. The Morgan fingerprint density at radius 3 is 2.65 bits per heavy atom. The minimum absolute atomic E-state index is 0.0241. The lowest BCUT2D eigenvalue weighted by molar-refractivity contribution is -0.321. The van der Waals surface area contributed by atoms with Gasteiger partial charge in [0.1, 0.15) is 6.61 Å². The van der Waals surface area contributed by atoms with Crippen LogP contribution >= 0.6 is 0 Å². The van der Waals surface area contributed by atoms with Gasteiger partial charge in [0.05, 0.1) is 6.04 Å². The number of amides is 2. The molecule has 9 heteroatoms. The second-order valence-electron chi connectivity index (χ2n) is 5.44. The molecule has 2 amide bonds. The third-order valence-corrected chi connectivity index (χ3v) is 3.54. The Hall–Kier alpha value is -1.64. The van der Waals surface area contributed by atoms with Crippen LogP contribution in [0.4, 0.5) is 13.2 Å². The van der Waals surface area contributed by atoms with Crippen LogP contribution in [0.1, 0.15) is 39.0 Å². The summed E-state index contributed by atoms with van der Waals surface area (Å²) in [4.78, 5) is 35.2. The zero-order chi connectivity index (χ0) is 17.5. The van der Waals surface area contributed by atoms with Gasteiger partial charge in [-0.25, -0.2) is 0 Å². The first-order chi connectivity index (χ1) is 10.7. The summed E-state index contributed by atoms with van der Waals surface area (Å²) in [5.74, 6) is -2.08. The lowest BCUT2D eigenvalue weighted by atomic mass is 9.95. The second-order valence-corrected chi connectivity index (χ2v) is 5.44. The molecule has 0 aromatic carbocycles. The molecule has 1 rings (SSSR count). The van der Waals surface area contributed by atoms with Gasteiger partial charge in [0, 0.05) is 18.9 Å². The van der Waals surface area contributed by atoms with Crippen LogP contribution < -0.4 is 10.6 Å². The van der Waals surface area contributed by atoms with E-state index in [9.17, 15) is 27.6 Å². The topological polar surface area (TPSA) is 84.5 Å². The Morgan fingerprint density at radius 2 is 2.13 bits per heavy atom. The highest BCUT2D eigenvalue weighted by molar-refractivity contribution is 5.91. The highest BCUT2D eigenvalue weighted by Gasteiger charge is 2.34. The van der Waals surface area contributed by atoms with Crippen molar-refractivity contribution in [2.24, 2.45) is 5.92 Å². The number of unbranched alkanes of at least 4 members (excludes halogenated alkanes) is 1. The number of hydrogen-bond acceptors (Lipinski definition) is 4. The van der Waals surface area contributed by atoms with Crippen LogP contribution in [-0.2, 0) is 19.1 Å². The molecular weight excluding hydrogens is 317 g/mol. The summed E-state index contributed by atoms with van der Waals surface area (Å²) in [5, 5.41) is 5.00. The van der Waals surface area contributed by atoms with Crippen molar-refractivity contribution in [1.29, 1.82) is 0 Å². The monoisotopic (exact) mass is 338 g/mol. The van der Waals surface area contributed by atoms with Crippen LogP contribution in [0.25, 0.3) is 0 Å². The molecule has 1 heterocycles. The summed E-state index contributed by atoms with van der Waals surface area (Å²) in [5.41, 5.74) is 0. The predicted octanol–water partition coefficient (Wildman–Crippen LogP) is 1.29. The van der Waals surface area contributed by atoms with Crippen LogP contribution in [0.15, 0.2) is 0 Å². The smallest absolute Gasteiger partial charge is 0.356 e. The van der Waals surface area contributed by atoms with Crippen molar-refractivity contribution in [2.75, 3.05) is 13.2 Å². The van der Waals surface area contributed by atoms with E-state index in [1.54, 1.807) is 0 Å². The molecule has 0 saturated carbocycles. The largest absolute Gasteiger partial charge is 0.522 e. The van der Waals surface area contributed by atoms with Crippen molar-refractivity contribution in [2.45, 2.75) is 51.4 Å². The van der Waals surface area contributed by atoms with E-state index in [1.165, 1.54) is 0 Å². The van der Waals surface area contributed by atoms with Gasteiger partial charge >= 0.3 is 6.36 Å². The summed E-state index contributed by atoms with van der Waals surface area (Å²) < 4.78 is 39.7. The minimum atomic E-state index is -4.92. The van der Waals surface area contributed by atoms with Gasteiger partial charge in [0.15, 0.2) is 5.78 Å². The highest BCUT2D eigenvalue weighted by atomic mass is 19.4. The number of hydrogen-bond donors (Lipinski definition) is 2. The summed E-state index contributed by atoms with van der Waals surface area (Å²) in [6.07, 6.45) is -2.91. The number of nitrogens with one attached hydrogen (secondary N) is 2. The number of ketones is 1. The van der Waals surface area contributed by atoms with Crippen molar-refractivity contribution >= 4 is 17.6 Å². The molecule has 6 nitrogen and oxygen atoms in total. The fourth-order valence-electron chi connectivity index (χ4n) is 2.28. The standard InChI is InChI=1S/C14H21F3N2O4/c1-2-3-4-12(21)19-10(7-9-5-6-18-13(9)22)11(20)8-23-14(15,16)17/h9-10H,2-8H2,1H3,(H,18,22)(H,19,21)/t9-,10-/m0/s1. The SMILES string of the molecule is CCCCC(=O)N[C@@H](C[C@@H]1CCNC1=O)C(=O)COC(F)(F)F. The number of carbonyl (C=O) groups excluding carboxylic acids is 3. The first-order valence-corrected chi connectivity index (χ1v) is 7.53. The third kappa shape index (κ3) is 7.45. The summed E-state index contributed by atoms with van der Waals surface area (Å²) in [6, 6.07) is -1.16. The van der Waals surface area contributed by atoms with Crippen LogP contribution in [0.2, 0.25) is 0 Å². The lowest BCUT2D eigenvalue weighted by Crippen LogP contribution is -2.45. The molecule has 1 aliphatic heterocycles. The molecule has 0 radical (unpaired) electrons. The quantitative estimate of drug-likeness (QED) is 0.663. The Kier molecular flexibility index (Phi) is 7.47. The molecule has 0 aromatic rings. The van der Waals surface area contributed by atoms with E-state index in [0.29, 0.717) is 19.4 Å². The number of alkyl halides is 3. The van der Waals surface area contributed by atoms with Gasteiger partial charge in [0.2, 0.25) is 11.8 Å². The van der Waals surface area contributed by atoms with Gasteiger partial charge in [-0.1, -0.05) is 13.3 Å². The van der Waals surface area contributed by atoms with E-state index in [4.69, 9.17) is 0 Å².